The van der Waals surface area contributed by atoms with E-state index in [4.69, 9.17) is 0 Å². The predicted molar refractivity (Wildman–Crippen MR) is 82.2 cm³/mol. The Morgan fingerprint density at radius 3 is 2.32 bits per heavy atom. The lowest BCUT2D eigenvalue weighted by Gasteiger charge is -2.42. The molecule has 0 aromatic rings. The highest BCUT2D eigenvalue weighted by molar-refractivity contribution is 5.75. The van der Waals surface area contributed by atoms with Crippen molar-refractivity contribution in [1.82, 2.24) is 5.32 Å². The lowest BCUT2D eigenvalue weighted by molar-refractivity contribution is -0.122. The molecule has 112 valence electrons. The summed E-state index contributed by atoms with van der Waals surface area (Å²) in [6.07, 6.45) is 13.7. The quantitative estimate of drug-likeness (QED) is 0.671. The first-order valence-electron chi connectivity index (χ1n) is 8.45. The van der Waals surface area contributed by atoms with Crippen molar-refractivity contribution in [2.24, 2.45) is 5.41 Å². The Balaban J connectivity index is 2.59. The van der Waals surface area contributed by atoms with Crippen LogP contribution in [0, 0.1) is 5.41 Å². The lowest BCUT2D eigenvalue weighted by Crippen LogP contribution is -2.42. The number of unbranched alkanes of at least 4 members (excludes halogenated alkanes) is 2. The van der Waals surface area contributed by atoms with Crippen molar-refractivity contribution >= 4 is 5.91 Å². The molecule has 2 heteroatoms. The van der Waals surface area contributed by atoms with E-state index >= 15 is 0 Å². The zero-order chi connectivity index (χ0) is 14.1. The van der Waals surface area contributed by atoms with E-state index in [2.05, 4.69) is 19.2 Å². The maximum atomic E-state index is 11.6. The first-order chi connectivity index (χ1) is 9.15. The number of hydrogen-bond acceptors (Lipinski definition) is 1. The molecular weight excluding hydrogens is 234 g/mol. The highest BCUT2D eigenvalue weighted by Gasteiger charge is 2.35. The molecule has 1 rings (SSSR count). The van der Waals surface area contributed by atoms with Gasteiger partial charge in [-0.3, -0.25) is 4.79 Å². The van der Waals surface area contributed by atoms with E-state index in [0.29, 0.717) is 17.9 Å². The van der Waals surface area contributed by atoms with E-state index in [0.717, 1.165) is 0 Å². The van der Waals surface area contributed by atoms with E-state index in [1.54, 1.807) is 0 Å². The average Bonchev–Trinajstić information content (AvgIpc) is 2.43. The van der Waals surface area contributed by atoms with Gasteiger partial charge in [0.2, 0.25) is 5.91 Å². The van der Waals surface area contributed by atoms with Gasteiger partial charge in [-0.1, -0.05) is 52.9 Å². The smallest absolute Gasteiger partial charge is 0.219 e. The van der Waals surface area contributed by atoms with E-state index in [1.165, 1.54) is 64.2 Å². The molecule has 19 heavy (non-hydrogen) atoms. The van der Waals surface area contributed by atoms with Crippen molar-refractivity contribution in [3.05, 3.63) is 0 Å². The number of nitrogens with one attached hydrogen (secondary N) is 1. The molecule has 0 aliphatic heterocycles. The summed E-state index contributed by atoms with van der Waals surface area (Å²) in [5.41, 5.74) is 0.524. The summed E-state index contributed by atoms with van der Waals surface area (Å²) in [6.45, 7) is 6.51. The van der Waals surface area contributed by atoms with E-state index in [9.17, 15) is 4.79 Å². The Morgan fingerprint density at radius 2 is 1.79 bits per heavy atom. The fourth-order valence-electron chi connectivity index (χ4n) is 3.59. The third-order valence-electron chi connectivity index (χ3n) is 4.75. The highest BCUT2D eigenvalue weighted by Crippen LogP contribution is 2.44. The Labute approximate surface area is 119 Å². The summed E-state index contributed by atoms with van der Waals surface area (Å²) in [5, 5.41) is 3.24. The molecule has 1 aliphatic carbocycles. The van der Waals surface area contributed by atoms with Gasteiger partial charge in [0.05, 0.1) is 0 Å². The molecule has 1 aliphatic rings. The van der Waals surface area contributed by atoms with Crippen LogP contribution < -0.4 is 5.32 Å². The van der Waals surface area contributed by atoms with Crippen molar-refractivity contribution < 1.29 is 4.79 Å². The maximum absolute atomic E-state index is 11.6. The minimum atomic E-state index is 0.229. The number of hydrogen-bond donors (Lipinski definition) is 1. The van der Waals surface area contributed by atoms with Crippen molar-refractivity contribution in [3.8, 4) is 0 Å². The van der Waals surface area contributed by atoms with Gasteiger partial charge in [0.25, 0.3) is 0 Å². The Kier molecular flexibility index (Phi) is 7.48. The van der Waals surface area contributed by atoms with E-state index < -0.39 is 0 Å². The first kappa shape index (κ1) is 16.5. The van der Waals surface area contributed by atoms with Crippen molar-refractivity contribution in [3.63, 3.8) is 0 Å². The number of carbonyl (C=O) groups is 1. The second-order valence-corrected chi connectivity index (χ2v) is 6.42. The van der Waals surface area contributed by atoms with Gasteiger partial charge in [-0.15, -0.1) is 0 Å². The van der Waals surface area contributed by atoms with Gasteiger partial charge in [0.1, 0.15) is 0 Å². The van der Waals surface area contributed by atoms with Gasteiger partial charge < -0.3 is 5.32 Å². The van der Waals surface area contributed by atoms with E-state index in [-0.39, 0.29) is 5.91 Å². The largest absolute Gasteiger partial charge is 0.353 e. The third-order valence-corrected chi connectivity index (χ3v) is 4.75. The number of amides is 1. The normalized spacial score (nSPS) is 22.2. The highest BCUT2D eigenvalue weighted by atomic mass is 16.1. The van der Waals surface area contributed by atoms with Gasteiger partial charge >= 0.3 is 0 Å². The van der Waals surface area contributed by atoms with Gasteiger partial charge in [-0.05, 0) is 37.5 Å². The predicted octanol–water partition coefficient (Wildman–Crippen LogP) is 4.82. The lowest BCUT2D eigenvalue weighted by atomic mass is 9.66. The van der Waals surface area contributed by atoms with Gasteiger partial charge in [0.15, 0.2) is 0 Å². The molecule has 0 spiro atoms. The molecule has 0 heterocycles. The van der Waals surface area contributed by atoms with E-state index in [1.807, 2.05) is 6.92 Å². The van der Waals surface area contributed by atoms with Gasteiger partial charge in [-0.25, -0.2) is 0 Å². The average molecular weight is 267 g/mol. The fraction of sp³-hybridized carbons (Fsp3) is 0.941. The molecule has 0 bridgehead atoms. The number of rotatable bonds is 8. The minimum absolute atomic E-state index is 0.229. The summed E-state index contributed by atoms with van der Waals surface area (Å²) in [6, 6.07) is 0.440. The van der Waals surface area contributed by atoms with Crippen LogP contribution in [0.5, 0.6) is 0 Å². The minimum Gasteiger partial charge on any atom is -0.353 e. The molecule has 0 aromatic heterocycles. The maximum Gasteiger partial charge on any atom is 0.219 e. The summed E-state index contributed by atoms with van der Waals surface area (Å²) in [5.74, 6) is 0.229. The number of carbonyl (C=O) groups excluding carboxylic acids is 1. The van der Waals surface area contributed by atoms with Crippen molar-refractivity contribution in [1.29, 1.82) is 0 Å². The van der Waals surface area contributed by atoms with Crippen LogP contribution in [0.2, 0.25) is 0 Å². The topological polar surface area (TPSA) is 29.1 Å². The second-order valence-electron chi connectivity index (χ2n) is 6.42. The van der Waals surface area contributed by atoms with Gasteiger partial charge in [-0.2, -0.15) is 0 Å². The zero-order valence-corrected chi connectivity index (χ0v) is 13.3. The van der Waals surface area contributed by atoms with Crippen molar-refractivity contribution in [2.45, 2.75) is 97.4 Å². The van der Waals surface area contributed by atoms with Crippen LogP contribution in [0.4, 0.5) is 0 Å². The Morgan fingerprint density at radius 1 is 1.16 bits per heavy atom. The van der Waals surface area contributed by atoms with Crippen LogP contribution in [-0.4, -0.2) is 11.9 Å². The molecule has 1 unspecified atom stereocenters. The van der Waals surface area contributed by atoms with Crippen LogP contribution in [0.1, 0.15) is 91.4 Å². The van der Waals surface area contributed by atoms with Crippen LogP contribution in [0.15, 0.2) is 0 Å². The zero-order valence-electron chi connectivity index (χ0n) is 13.3. The van der Waals surface area contributed by atoms with Crippen LogP contribution in [0.3, 0.4) is 0 Å². The van der Waals surface area contributed by atoms with Crippen LogP contribution in [-0.2, 0) is 4.79 Å². The molecule has 1 saturated carbocycles. The molecule has 2 nitrogen and oxygen atoms in total. The third kappa shape index (κ3) is 5.54. The Hall–Kier alpha value is -0.530. The molecular formula is C17H33NO. The summed E-state index contributed by atoms with van der Waals surface area (Å²) in [7, 11) is 0. The molecule has 0 saturated heterocycles. The molecule has 1 fully saturated rings. The molecule has 0 aromatic carbocycles. The second kappa shape index (κ2) is 8.60. The van der Waals surface area contributed by atoms with Crippen LogP contribution in [0.25, 0.3) is 0 Å². The summed E-state index contributed by atoms with van der Waals surface area (Å²) < 4.78 is 0. The molecule has 1 amide bonds. The van der Waals surface area contributed by atoms with Crippen LogP contribution >= 0.6 is 0 Å². The first-order valence-corrected chi connectivity index (χ1v) is 8.45. The molecule has 0 radical (unpaired) electrons. The standard InChI is InChI=1S/C17H33NO/c1-4-7-11-17(12-8-5-2)13-9-10-15(14-17)18-16(19)6-3/h15H,4-14H2,1-3H3,(H,18,19). The molecule has 1 N–H and O–H groups in total. The summed E-state index contributed by atoms with van der Waals surface area (Å²) in [4.78, 5) is 11.6. The monoisotopic (exact) mass is 267 g/mol. The van der Waals surface area contributed by atoms with Crippen molar-refractivity contribution in [2.75, 3.05) is 0 Å². The SMILES string of the molecule is CCCCC1(CCCC)CCCC(NC(=O)CC)C1. The fourth-order valence-corrected chi connectivity index (χ4v) is 3.59. The Bertz CT molecular complexity index is 254. The summed E-state index contributed by atoms with van der Waals surface area (Å²) >= 11 is 0. The molecule has 1 atom stereocenters. The van der Waals surface area contributed by atoms with Gasteiger partial charge in [0, 0.05) is 12.5 Å².